The van der Waals surface area contributed by atoms with Crippen LogP contribution in [0.4, 0.5) is 13.2 Å². The lowest BCUT2D eigenvalue weighted by molar-refractivity contribution is 0.226. The normalized spacial score (nSPS) is 15.2. The molecule has 0 spiro atoms. The van der Waals surface area contributed by atoms with Crippen LogP contribution in [0, 0.1) is 17.6 Å². The monoisotopic (exact) mass is 321 g/mol. The maximum Gasteiger partial charge on any atom is 0.134 e. The van der Waals surface area contributed by atoms with Crippen molar-refractivity contribution in [3.63, 3.8) is 0 Å². The summed E-state index contributed by atoms with van der Waals surface area (Å²) in [5.41, 5.74) is 7.19. The Hall–Kier alpha value is -1.81. The number of halogens is 3. The Morgan fingerprint density at radius 3 is 2.43 bits per heavy atom. The number of benzene rings is 2. The summed E-state index contributed by atoms with van der Waals surface area (Å²) in [4.78, 5) is 0. The van der Waals surface area contributed by atoms with Gasteiger partial charge in [0.25, 0.3) is 0 Å². The SMILES string of the molecule is CCC(F)C(N)C(C)Cc1cccc(-c2cccc(F)c2)c1F. The Morgan fingerprint density at radius 1 is 1.09 bits per heavy atom. The van der Waals surface area contributed by atoms with E-state index in [9.17, 15) is 13.2 Å². The third kappa shape index (κ3) is 4.14. The molecular weight excluding hydrogens is 299 g/mol. The van der Waals surface area contributed by atoms with Crippen molar-refractivity contribution < 1.29 is 13.2 Å². The summed E-state index contributed by atoms with van der Waals surface area (Å²) in [5.74, 6) is -1.00. The fraction of sp³-hybridized carbons (Fsp3) is 0.368. The molecule has 4 heteroatoms. The highest BCUT2D eigenvalue weighted by atomic mass is 19.1. The van der Waals surface area contributed by atoms with Crippen molar-refractivity contribution >= 4 is 0 Å². The number of alkyl halides is 1. The van der Waals surface area contributed by atoms with Crippen LogP contribution in [0.25, 0.3) is 11.1 Å². The number of rotatable bonds is 6. The minimum Gasteiger partial charge on any atom is -0.325 e. The lowest BCUT2D eigenvalue weighted by atomic mass is 9.89. The van der Waals surface area contributed by atoms with E-state index in [-0.39, 0.29) is 5.92 Å². The molecule has 0 heterocycles. The molecule has 0 bridgehead atoms. The van der Waals surface area contributed by atoms with Crippen LogP contribution in [0.1, 0.15) is 25.8 Å². The van der Waals surface area contributed by atoms with Crippen LogP contribution in [0.3, 0.4) is 0 Å². The van der Waals surface area contributed by atoms with Gasteiger partial charge in [-0.2, -0.15) is 0 Å². The van der Waals surface area contributed by atoms with Crippen LogP contribution in [-0.4, -0.2) is 12.2 Å². The number of nitrogens with two attached hydrogens (primary N) is 1. The van der Waals surface area contributed by atoms with E-state index in [0.29, 0.717) is 29.5 Å². The maximum absolute atomic E-state index is 14.7. The standard InChI is InChI=1S/C19H22F3N/c1-3-17(21)19(23)12(2)10-14-7-5-9-16(18(14)22)13-6-4-8-15(20)11-13/h4-9,11-12,17,19H,3,10,23H2,1-2H3. The summed E-state index contributed by atoms with van der Waals surface area (Å²) in [6, 6.07) is 10.2. The van der Waals surface area contributed by atoms with E-state index in [1.165, 1.54) is 12.1 Å². The average molecular weight is 321 g/mol. The molecule has 1 nitrogen and oxygen atoms in total. The highest BCUT2D eigenvalue weighted by Crippen LogP contribution is 2.27. The lowest BCUT2D eigenvalue weighted by Gasteiger charge is -2.23. The highest BCUT2D eigenvalue weighted by molar-refractivity contribution is 5.65. The number of hydrogen-bond acceptors (Lipinski definition) is 1. The fourth-order valence-electron chi connectivity index (χ4n) is 2.73. The average Bonchev–Trinajstić information content (AvgIpc) is 2.55. The van der Waals surface area contributed by atoms with Crippen molar-refractivity contribution in [1.29, 1.82) is 0 Å². The van der Waals surface area contributed by atoms with Crippen molar-refractivity contribution in [2.75, 3.05) is 0 Å². The van der Waals surface area contributed by atoms with E-state index in [1.807, 2.05) is 6.92 Å². The predicted octanol–water partition coefficient (Wildman–Crippen LogP) is 4.89. The molecule has 3 atom stereocenters. The zero-order chi connectivity index (χ0) is 17.0. The van der Waals surface area contributed by atoms with Gasteiger partial charge in [-0.15, -0.1) is 0 Å². The minimum atomic E-state index is -1.10. The van der Waals surface area contributed by atoms with Crippen LogP contribution < -0.4 is 5.73 Å². The molecule has 0 saturated heterocycles. The van der Waals surface area contributed by atoms with Crippen molar-refractivity contribution in [3.8, 4) is 11.1 Å². The van der Waals surface area contributed by atoms with Gasteiger partial charge in [0.2, 0.25) is 0 Å². The molecule has 2 aromatic carbocycles. The summed E-state index contributed by atoms with van der Waals surface area (Å²) in [6.45, 7) is 3.56. The van der Waals surface area contributed by atoms with Gasteiger partial charge in [0, 0.05) is 11.6 Å². The smallest absolute Gasteiger partial charge is 0.134 e. The first-order valence-corrected chi connectivity index (χ1v) is 7.87. The van der Waals surface area contributed by atoms with Gasteiger partial charge in [-0.1, -0.05) is 44.2 Å². The van der Waals surface area contributed by atoms with E-state index in [1.54, 1.807) is 37.3 Å². The molecule has 124 valence electrons. The Bertz CT molecular complexity index is 657. The molecule has 3 unspecified atom stereocenters. The third-order valence-electron chi connectivity index (χ3n) is 4.22. The van der Waals surface area contributed by atoms with Crippen molar-refractivity contribution in [3.05, 3.63) is 59.7 Å². The van der Waals surface area contributed by atoms with Gasteiger partial charge in [-0.05, 0) is 42.0 Å². The van der Waals surface area contributed by atoms with Crippen LogP contribution >= 0.6 is 0 Å². The first-order valence-electron chi connectivity index (χ1n) is 7.87. The summed E-state index contributed by atoms with van der Waals surface area (Å²) in [7, 11) is 0. The summed E-state index contributed by atoms with van der Waals surface area (Å²) < 4.78 is 41.8. The van der Waals surface area contributed by atoms with E-state index in [0.717, 1.165) is 0 Å². The molecule has 0 fully saturated rings. The van der Waals surface area contributed by atoms with Crippen LogP contribution in [0.2, 0.25) is 0 Å². The van der Waals surface area contributed by atoms with Gasteiger partial charge in [0.15, 0.2) is 0 Å². The second kappa shape index (κ2) is 7.64. The largest absolute Gasteiger partial charge is 0.325 e. The van der Waals surface area contributed by atoms with Crippen molar-refractivity contribution in [2.24, 2.45) is 11.7 Å². The second-order valence-electron chi connectivity index (χ2n) is 5.97. The third-order valence-corrected chi connectivity index (χ3v) is 4.22. The van der Waals surface area contributed by atoms with Gasteiger partial charge < -0.3 is 5.73 Å². The van der Waals surface area contributed by atoms with Gasteiger partial charge >= 0.3 is 0 Å². The Morgan fingerprint density at radius 2 is 1.78 bits per heavy atom. The summed E-state index contributed by atoms with van der Waals surface area (Å²) in [6.07, 6.45) is -0.409. The van der Waals surface area contributed by atoms with Gasteiger partial charge in [0.05, 0.1) is 0 Å². The van der Waals surface area contributed by atoms with E-state index in [4.69, 9.17) is 5.73 Å². The Kier molecular flexibility index (Phi) is 5.83. The molecule has 2 rings (SSSR count). The molecule has 0 aliphatic rings. The highest BCUT2D eigenvalue weighted by Gasteiger charge is 2.23. The first-order chi connectivity index (χ1) is 10.9. The zero-order valence-corrected chi connectivity index (χ0v) is 13.4. The molecular formula is C19H22F3N. The first kappa shape index (κ1) is 17.5. The van der Waals surface area contributed by atoms with E-state index >= 15 is 0 Å². The molecule has 0 amide bonds. The Balaban J connectivity index is 2.26. The minimum absolute atomic E-state index is 0.192. The molecule has 0 aromatic heterocycles. The van der Waals surface area contributed by atoms with Crippen molar-refractivity contribution in [1.82, 2.24) is 0 Å². The zero-order valence-electron chi connectivity index (χ0n) is 13.4. The molecule has 0 aliphatic carbocycles. The molecule has 0 saturated carbocycles. The predicted molar refractivity (Wildman–Crippen MR) is 87.8 cm³/mol. The van der Waals surface area contributed by atoms with Crippen LogP contribution in [-0.2, 0) is 6.42 Å². The van der Waals surface area contributed by atoms with E-state index in [2.05, 4.69) is 0 Å². The van der Waals surface area contributed by atoms with Crippen molar-refractivity contribution in [2.45, 2.75) is 38.9 Å². The van der Waals surface area contributed by atoms with E-state index < -0.39 is 23.8 Å². The topological polar surface area (TPSA) is 26.0 Å². The van der Waals surface area contributed by atoms with Gasteiger partial charge in [0.1, 0.15) is 17.8 Å². The molecule has 0 aliphatic heterocycles. The number of hydrogen-bond donors (Lipinski definition) is 1. The van der Waals surface area contributed by atoms with Gasteiger partial charge in [-0.25, -0.2) is 13.2 Å². The van der Waals surface area contributed by atoms with Gasteiger partial charge in [-0.3, -0.25) is 0 Å². The summed E-state index contributed by atoms with van der Waals surface area (Å²) >= 11 is 0. The quantitative estimate of drug-likeness (QED) is 0.806. The Labute approximate surface area is 135 Å². The van der Waals surface area contributed by atoms with Crippen LogP contribution in [0.15, 0.2) is 42.5 Å². The maximum atomic E-state index is 14.7. The molecule has 2 aromatic rings. The molecule has 23 heavy (non-hydrogen) atoms. The van der Waals surface area contributed by atoms with Crippen LogP contribution in [0.5, 0.6) is 0 Å². The second-order valence-corrected chi connectivity index (χ2v) is 5.97. The lowest BCUT2D eigenvalue weighted by Crippen LogP contribution is -2.38. The molecule has 2 N–H and O–H groups in total. The fourth-order valence-corrected chi connectivity index (χ4v) is 2.73. The molecule has 0 radical (unpaired) electrons. The summed E-state index contributed by atoms with van der Waals surface area (Å²) in [5, 5.41) is 0.